The van der Waals surface area contributed by atoms with E-state index in [9.17, 15) is 15.0 Å². The van der Waals surface area contributed by atoms with E-state index in [0.717, 1.165) is 77.5 Å². The molecule has 2 N–H and O–H groups in total. The average Bonchev–Trinajstić information content (AvgIpc) is 3.74. The van der Waals surface area contributed by atoms with Crippen LogP contribution >= 0.6 is 11.3 Å². The van der Waals surface area contributed by atoms with Gasteiger partial charge in [-0.15, -0.1) is 11.3 Å². The Kier molecular flexibility index (Phi) is 11.7. The number of ketones is 1. The van der Waals surface area contributed by atoms with E-state index >= 15 is 4.79 Å². The normalized spacial score (nSPS) is 36.6. The molecule has 7 atom stereocenters. The average molecular weight is 834 g/mol. The van der Waals surface area contributed by atoms with Crippen LogP contribution in [0.1, 0.15) is 163 Å². The molecule has 2 aromatic carbocycles. The zero-order valence-corrected chi connectivity index (χ0v) is 37.9. The van der Waals surface area contributed by atoms with Gasteiger partial charge < -0.3 is 19.8 Å². The number of nitrogens with zero attached hydrogens (tertiary/aromatic N) is 1. The van der Waals surface area contributed by atoms with E-state index in [4.69, 9.17) is 4.74 Å². The van der Waals surface area contributed by atoms with Gasteiger partial charge in [-0.3, -0.25) is 4.79 Å². The highest BCUT2D eigenvalue weighted by Crippen LogP contribution is 2.62. The van der Waals surface area contributed by atoms with Crippen molar-refractivity contribution in [2.45, 2.75) is 161 Å². The van der Waals surface area contributed by atoms with Gasteiger partial charge in [-0.25, -0.2) is 4.79 Å². The molecule has 1 aromatic heterocycles. The Hall–Kier alpha value is -3.00. The number of amides is 1. The van der Waals surface area contributed by atoms with Crippen LogP contribution in [0.15, 0.2) is 60.2 Å². The van der Waals surface area contributed by atoms with Gasteiger partial charge in [-0.1, -0.05) is 76.1 Å². The molecular formula is C53H71NO5S. The zero-order valence-electron chi connectivity index (χ0n) is 37.1. The lowest BCUT2D eigenvalue weighted by Gasteiger charge is -2.58. The van der Waals surface area contributed by atoms with E-state index in [-0.39, 0.29) is 35.9 Å². The van der Waals surface area contributed by atoms with Crippen LogP contribution in [-0.4, -0.2) is 57.9 Å². The number of allylic oxidation sites excluding steroid dienone is 2. The number of thiophene rings is 1. The summed E-state index contributed by atoms with van der Waals surface area (Å²) in [6.45, 7) is 12.2. The number of ether oxygens (including phenoxy) is 1. The van der Waals surface area contributed by atoms with E-state index in [0.29, 0.717) is 54.0 Å². The molecule has 8 aliphatic rings. The molecule has 0 spiro atoms. The Morgan fingerprint density at radius 2 is 1.65 bits per heavy atom. The van der Waals surface area contributed by atoms with Crippen molar-refractivity contribution >= 4 is 33.3 Å². The molecule has 7 heteroatoms. The lowest BCUT2D eigenvalue weighted by molar-refractivity contribution is -0.108. The van der Waals surface area contributed by atoms with E-state index in [1.165, 1.54) is 61.9 Å². The van der Waals surface area contributed by atoms with Gasteiger partial charge in [0, 0.05) is 22.2 Å². The predicted octanol–water partition coefficient (Wildman–Crippen LogP) is 12.3. The number of carbonyl (C=O) groups is 2. The molecule has 60 heavy (non-hydrogen) atoms. The third-order valence-corrected chi connectivity index (χ3v) is 18.3. The van der Waals surface area contributed by atoms with Crippen LogP contribution in [0.5, 0.6) is 0 Å². The third-order valence-electron chi connectivity index (χ3n) is 17.2. The molecule has 3 aromatic rings. The second-order valence-corrected chi connectivity index (χ2v) is 23.0. The van der Waals surface area contributed by atoms with Gasteiger partial charge in [0.1, 0.15) is 6.10 Å². The molecule has 6 bridgehead atoms. The van der Waals surface area contributed by atoms with Crippen LogP contribution in [-0.2, 0) is 11.2 Å². The highest BCUT2D eigenvalue weighted by atomic mass is 32.1. The van der Waals surface area contributed by atoms with Crippen LogP contribution in [0.3, 0.4) is 0 Å². The molecule has 11 rings (SSSR count). The number of hydrogen-bond acceptors (Lipinski definition) is 6. The number of aliphatic hydroxyl groups is 2. The summed E-state index contributed by atoms with van der Waals surface area (Å²) in [5.74, 6) is 3.48. The fraction of sp³-hybridized carbons (Fsp3) is 0.660. The fourth-order valence-electron chi connectivity index (χ4n) is 14.3. The molecule has 1 heterocycles. The first-order chi connectivity index (χ1) is 28.7. The molecule has 6 fully saturated rings. The monoisotopic (exact) mass is 834 g/mol. The van der Waals surface area contributed by atoms with Crippen LogP contribution in [0.4, 0.5) is 4.79 Å². The maximum absolute atomic E-state index is 15.0. The van der Waals surface area contributed by atoms with Crippen molar-refractivity contribution in [2.24, 2.45) is 46.3 Å². The maximum Gasteiger partial charge on any atom is 0.410 e. The maximum atomic E-state index is 15.0. The van der Waals surface area contributed by atoms with Crippen molar-refractivity contribution < 1.29 is 24.5 Å². The molecule has 1 amide bonds. The van der Waals surface area contributed by atoms with Crippen LogP contribution in [0.2, 0.25) is 0 Å². The van der Waals surface area contributed by atoms with Crippen molar-refractivity contribution in [3.63, 3.8) is 0 Å². The number of carbonyl (C=O) groups excluding carboxylic acids is 2. The van der Waals surface area contributed by atoms with Crippen molar-refractivity contribution in [1.82, 2.24) is 4.90 Å². The van der Waals surface area contributed by atoms with Crippen LogP contribution in [0.25, 0.3) is 10.1 Å². The minimum atomic E-state index is -1.19. The molecule has 324 valence electrons. The number of benzene rings is 2. The standard InChI is InChI=1S/C53H71NO5S/c1-33(2)42-16-13-35(4)21-46(42)59-50(57)54(31-52-28-37-22-38(29-52)24-39(23-37)30-52)32-53(58)20-18-45-43-17-14-36(25-41(55)15-12-34(3)9-8-19-51(45,53)5)26-44(43)49(56)48-27-40-10-6-7-11-47(40)60-48/h6-7,9-11,14,17,26-27,33,35,37-39,41-42,45-46,55,58H,8,12-13,15-16,18-25,28-32H2,1-5H3/t35-,37?,38?,39?,41-,42+,45-,46-,51-,52?,53+/m0/s1. The second-order valence-electron chi connectivity index (χ2n) is 21.9. The summed E-state index contributed by atoms with van der Waals surface area (Å²) in [5.41, 5.74) is 2.16. The SMILES string of the molecule is CC1=CCC[C@@]2(C)[C@@H](CC[C@@]2(O)CN(CC23CC4CC(CC(C4)C2)C3)C(=O)O[C@H]2C[C@@H](C)CC[C@@H]2C(C)C)c2ccc(cc2C(=O)c2cc3ccccc3s2)C[C@@H](O)CC1. The van der Waals surface area contributed by atoms with E-state index in [1.54, 1.807) is 0 Å². The number of rotatable bonds is 8. The second kappa shape index (κ2) is 16.6. The Morgan fingerprint density at radius 3 is 2.37 bits per heavy atom. The lowest BCUT2D eigenvalue weighted by Crippen LogP contribution is -2.58. The van der Waals surface area contributed by atoms with Gasteiger partial charge in [0.25, 0.3) is 0 Å². The highest BCUT2D eigenvalue weighted by Gasteiger charge is 2.59. The molecule has 6 saturated carbocycles. The first-order valence-corrected chi connectivity index (χ1v) is 24.7. The van der Waals surface area contributed by atoms with E-state index in [1.807, 2.05) is 29.2 Å². The largest absolute Gasteiger partial charge is 0.446 e. The topological polar surface area (TPSA) is 87.1 Å². The fourth-order valence-corrected chi connectivity index (χ4v) is 15.3. The molecule has 0 radical (unpaired) electrons. The minimum absolute atomic E-state index is 0.0107. The molecule has 0 saturated heterocycles. The number of hydrogen-bond donors (Lipinski definition) is 2. The van der Waals surface area contributed by atoms with Crippen LogP contribution < -0.4 is 0 Å². The zero-order chi connectivity index (χ0) is 42.0. The lowest BCUT2D eigenvalue weighted by atomic mass is 9.49. The molecule has 8 aliphatic carbocycles. The van der Waals surface area contributed by atoms with Crippen molar-refractivity contribution in [3.05, 3.63) is 81.7 Å². The van der Waals surface area contributed by atoms with Crippen molar-refractivity contribution in [3.8, 4) is 0 Å². The molecule has 0 aliphatic heterocycles. The van der Waals surface area contributed by atoms with Gasteiger partial charge in [-0.2, -0.15) is 0 Å². The van der Waals surface area contributed by atoms with Crippen LogP contribution in [0, 0.1) is 46.3 Å². The minimum Gasteiger partial charge on any atom is -0.446 e. The number of aliphatic hydroxyl groups excluding tert-OH is 1. The summed E-state index contributed by atoms with van der Waals surface area (Å²) >= 11 is 1.54. The van der Waals surface area contributed by atoms with Crippen molar-refractivity contribution in [2.75, 3.05) is 13.1 Å². The molecule has 6 nitrogen and oxygen atoms in total. The van der Waals surface area contributed by atoms with Gasteiger partial charge >= 0.3 is 6.09 Å². The first-order valence-electron chi connectivity index (χ1n) is 23.9. The molecule has 0 unspecified atom stereocenters. The summed E-state index contributed by atoms with van der Waals surface area (Å²) in [6, 6.07) is 16.5. The first kappa shape index (κ1) is 42.3. The smallest absolute Gasteiger partial charge is 0.410 e. The van der Waals surface area contributed by atoms with Gasteiger partial charge in [0.2, 0.25) is 5.78 Å². The highest BCUT2D eigenvalue weighted by molar-refractivity contribution is 7.21. The summed E-state index contributed by atoms with van der Waals surface area (Å²) in [5, 5.41) is 25.8. The predicted molar refractivity (Wildman–Crippen MR) is 242 cm³/mol. The van der Waals surface area contributed by atoms with Gasteiger partial charge in [0.15, 0.2) is 0 Å². The Labute approximate surface area is 363 Å². The van der Waals surface area contributed by atoms with Gasteiger partial charge in [0.05, 0.1) is 23.1 Å². The van der Waals surface area contributed by atoms with E-state index in [2.05, 4.69) is 65.0 Å². The Bertz CT molecular complexity index is 2030. The number of fused-ring (bicyclic) bond motifs is 9. The summed E-state index contributed by atoms with van der Waals surface area (Å²) in [4.78, 5) is 32.6. The molecular weight excluding hydrogens is 763 g/mol. The summed E-state index contributed by atoms with van der Waals surface area (Å²) in [6.07, 6.45) is 17.0. The Balaban J connectivity index is 1.09. The van der Waals surface area contributed by atoms with Gasteiger partial charge in [-0.05, 0) is 185 Å². The summed E-state index contributed by atoms with van der Waals surface area (Å²) in [7, 11) is 0. The summed E-state index contributed by atoms with van der Waals surface area (Å²) < 4.78 is 7.83. The Morgan fingerprint density at radius 1 is 0.917 bits per heavy atom. The third kappa shape index (κ3) is 8.18. The quantitative estimate of drug-likeness (QED) is 0.174. The van der Waals surface area contributed by atoms with Crippen molar-refractivity contribution in [1.29, 1.82) is 0 Å². The van der Waals surface area contributed by atoms with E-state index < -0.39 is 17.1 Å².